The van der Waals surface area contributed by atoms with Gasteiger partial charge in [-0.3, -0.25) is 4.79 Å². The molecule has 40 valence electrons. The Morgan fingerprint density at radius 2 is 1.50 bits per heavy atom. The lowest BCUT2D eigenvalue weighted by Crippen LogP contribution is -1.49. The minimum Gasteiger partial charge on any atom is -0.483 e. The molecule has 4 heteroatoms. The monoisotopic (exact) mass is 114 g/mol. The van der Waals surface area contributed by atoms with Gasteiger partial charge in [-0.25, -0.2) is 0 Å². The summed E-state index contributed by atoms with van der Waals surface area (Å²) in [6.07, 6.45) is 0. The van der Waals surface area contributed by atoms with Crippen LogP contribution >= 0.6 is 12.4 Å². The van der Waals surface area contributed by atoms with Gasteiger partial charge in [0.15, 0.2) is 0 Å². The fourth-order valence-electron chi connectivity index (χ4n) is 0. The van der Waals surface area contributed by atoms with E-state index in [1.807, 2.05) is 0 Å². The van der Waals surface area contributed by atoms with Crippen LogP contribution < -0.4 is 0 Å². The summed E-state index contributed by atoms with van der Waals surface area (Å²) in [4.78, 5) is 8.36. The molecule has 0 unspecified atom stereocenters. The molecule has 0 saturated heterocycles. The Morgan fingerprint density at radius 3 is 1.50 bits per heavy atom. The van der Waals surface area contributed by atoms with Crippen LogP contribution in [0.5, 0.6) is 0 Å². The second kappa shape index (κ2) is 126. The van der Waals surface area contributed by atoms with Gasteiger partial charge >= 0.3 is 0 Å². The highest BCUT2D eigenvalue weighted by Crippen LogP contribution is 0.966. The van der Waals surface area contributed by atoms with E-state index < -0.39 is 0 Å². The summed E-state index contributed by atoms with van der Waals surface area (Å²) < 4.78 is 0. The van der Waals surface area contributed by atoms with Gasteiger partial charge in [0, 0.05) is 7.11 Å². The minimum absolute atomic E-state index is 0. The van der Waals surface area contributed by atoms with Crippen LogP contribution in [0.25, 0.3) is 0 Å². The van der Waals surface area contributed by atoms with Crippen molar-refractivity contribution in [2.24, 2.45) is 0 Å². The van der Waals surface area contributed by atoms with Crippen LogP contribution in [0.4, 0.5) is 0 Å². The Labute approximate surface area is 42.0 Å². The number of aliphatic hydroxyl groups excluding tert-OH is 1. The molecule has 0 radical (unpaired) electrons. The van der Waals surface area contributed by atoms with Crippen molar-refractivity contribution in [1.82, 2.24) is 0 Å². The van der Waals surface area contributed by atoms with Crippen LogP contribution in [0.15, 0.2) is 0 Å². The number of carboxylic acid groups (broad SMARTS) is 1. The van der Waals surface area contributed by atoms with Crippen LogP contribution in [0.3, 0.4) is 0 Å². The zero-order valence-corrected chi connectivity index (χ0v) is 4.10. The van der Waals surface area contributed by atoms with E-state index in [1.165, 1.54) is 0 Å². The summed E-state index contributed by atoms with van der Waals surface area (Å²) in [6, 6.07) is 0. The third kappa shape index (κ3) is 351. The summed E-state index contributed by atoms with van der Waals surface area (Å²) in [5.74, 6) is 0. The Hall–Kier alpha value is -0.280. The molecular formula is C2H7ClO3. The molecule has 0 bridgehead atoms. The first kappa shape index (κ1) is 17.2. The van der Waals surface area contributed by atoms with E-state index in [2.05, 4.69) is 0 Å². The van der Waals surface area contributed by atoms with Gasteiger partial charge in [-0.15, -0.1) is 12.4 Å². The van der Waals surface area contributed by atoms with Gasteiger partial charge in [0.2, 0.25) is 0 Å². The predicted octanol–water partition coefficient (Wildman–Crippen LogP) is -0.269. The topological polar surface area (TPSA) is 57.5 Å². The second-order valence-corrected chi connectivity index (χ2v) is 0.105. The molecule has 0 aliphatic heterocycles. The third-order valence-electron chi connectivity index (χ3n) is 0. The number of hydrogen-bond acceptors (Lipinski definition) is 2. The molecule has 0 aliphatic rings. The van der Waals surface area contributed by atoms with Crippen molar-refractivity contribution in [3.8, 4) is 0 Å². The quantitative estimate of drug-likeness (QED) is 0.427. The molecule has 0 aromatic carbocycles. The number of halogens is 1. The SMILES string of the molecule is CO.Cl.O=CO. The molecule has 2 N–H and O–H groups in total. The van der Waals surface area contributed by atoms with Crippen LogP contribution in [0.2, 0.25) is 0 Å². The standard InChI is InChI=1S/CH2O2.CH4O.ClH/c2-1-3;1-2;/h1H,(H,2,3);2H,1H3;1H. The van der Waals surface area contributed by atoms with E-state index in [0.29, 0.717) is 0 Å². The first-order valence-electron chi connectivity index (χ1n) is 0.941. The van der Waals surface area contributed by atoms with Gasteiger partial charge in [0.25, 0.3) is 6.47 Å². The first-order chi connectivity index (χ1) is 2.41. The van der Waals surface area contributed by atoms with Crippen molar-refractivity contribution >= 4 is 18.9 Å². The molecule has 0 aromatic rings. The van der Waals surface area contributed by atoms with E-state index in [9.17, 15) is 0 Å². The predicted molar refractivity (Wildman–Crippen MR) is 24.1 cm³/mol. The van der Waals surface area contributed by atoms with Crippen LogP contribution in [-0.2, 0) is 4.79 Å². The van der Waals surface area contributed by atoms with Gasteiger partial charge < -0.3 is 10.2 Å². The van der Waals surface area contributed by atoms with E-state index in [-0.39, 0.29) is 18.9 Å². The first-order valence-corrected chi connectivity index (χ1v) is 0.941. The van der Waals surface area contributed by atoms with Crippen molar-refractivity contribution in [3.05, 3.63) is 0 Å². The molecule has 3 nitrogen and oxygen atoms in total. The summed E-state index contributed by atoms with van der Waals surface area (Å²) in [5.41, 5.74) is 0. The van der Waals surface area contributed by atoms with Crippen molar-refractivity contribution in [2.45, 2.75) is 0 Å². The van der Waals surface area contributed by atoms with E-state index >= 15 is 0 Å². The summed E-state index contributed by atoms with van der Waals surface area (Å²) >= 11 is 0. The molecule has 0 heterocycles. The number of hydrogen-bond donors (Lipinski definition) is 2. The van der Waals surface area contributed by atoms with Crippen LogP contribution in [0, 0.1) is 0 Å². The molecule has 0 atom stereocenters. The average molecular weight is 115 g/mol. The van der Waals surface area contributed by atoms with Crippen molar-refractivity contribution < 1.29 is 15.0 Å². The highest BCUT2D eigenvalue weighted by atomic mass is 35.5. The van der Waals surface area contributed by atoms with E-state index in [4.69, 9.17) is 15.0 Å². The Bertz CT molecular complexity index is 16.3. The van der Waals surface area contributed by atoms with Crippen LogP contribution in [0.1, 0.15) is 0 Å². The normalized spacial score (nSPS) is 3.00. The Morgan fingerprint density at radius 1 is 1.50 bits per heavy atom. The molecule has 0 fully saturated rings. The maximum absolute atomic E-state index is 8.36. The van der Waals surface area contributed by atoms with Crippen molar-refractivity contribution in [1.29, 1.82) is 0 Å². The number of aliphatic hydroxyl groups is 1. The lowest BCUT2D eigenvalue weighted by molar-refractivity contribution is -0.122. The van der Waals surface area contributed by atoms with Gasteiger partial charge in [-0.1, -0.05) is 0 Å². The third-order valence-corrected chi connectivity index (χ3v) is 0. The zero-order chi connectivity index (χ0) is 4.71. The minimum atomic E-state index is -0.250. The van der Waals surface area contributed by atoms with Gasteiger partial charge in [-0.2, -0.15) is 0 Å². The van der Waals surface area contributed by atoms with Gasteiger partial charge in [0.05, 0.1) is 0 Å². The maximum Gasteiger partial charge on any atom is 0.290 e. The fraction of sp³-hybridized carbons (Fsp3) is 0.500. The summed E-state index contributed by atoms with van der Waals surface area (Å²) in [6.45, 7) is -0.250. The summed E-state index contributed by atoms with van der Waals surface area (Å²) in [7, 11) is 1.00. The van der Waals surface area contributed by atoms with Gasteiger partial charge in [-0.05, 0) is 0 Å². The Balaban J connectivity index is -0.0000000275. The highest BCUT2D eigenvalue weighted by Gasteiger charge is 1.22. The molecule has 0 saturated carbocycles. The lowest BCUT2D eigenvalue weighted by atomic mass is 11.7. The zero-order valence-electron chi connectivity index (χ0n) is 3.29. The fourth-order valence-corrected chi connectivity index (χ4v) is 0. The second-order valence-electron chi connectivity index (χ2n) is 0.105. The molecular weight excluding hydrogens is 107 g/mol. The average Bonchev–Trinajstić information content (AvgIpc) is 1.46. The maximum atomic E-state index is 8.36. The Kier molecular flexibility index (Phi) is 362. The van der Waals surface area contributed by atoms with Crippen molar-refractivity contribution in [2.75, 3.05) is 7.11 Å². The molecule has 6 heavy (non-hydrogen) atoms. The molecule has 0 aromatic heterocycles. The lowest BCUT2D eigenvalue weighted by Gasteiger charge is -1.34. The molecule has 0 amide bonds. The smallest absolute Gasteiger partial charge is 0.290 e. The molecule has 0 spiro atoms. The molecule has 0 aliphatic carbocycles. The highest BCUT2D eigenvalue weighted by molar-refractivity contribution is 5.85. The number of rotatable bonds is 0. The van der Waals surface area contributed by atoms with E-state index in [1.54, 1.807) is 0 Å². The van der Waals surface area contributed by atoms with E-state index in [0.717, 1.165) is 7.11 Å². The largest absolute Gasteiger partial charge is 0.483 e. The molecule has 0 rings (SSSR count). The van der Waals surface area contributed by atoms with Crippen molar-refractivity contribution in [3.63, 3.8) is 0 Å². The van der Waals surface area contributed by atoms with Crippen LogP contribution in [-0.4, -0.2) is 23.8 Å². The summed E-state index contributed by atoms with van der Waals surface area (Å²) in [5, 5.41) is 13.9. The number of carbonyl (C=O) groups is 1. The van der Waals surface area contributed by atoms with Gasteiger partial charge in [0.1, 0.15) is 0 Å².